The molecular formula is C13H27NO. The van der Waals surface area contributed by atoms with E-state index in [1.807, 2.05) is 13.8 Å². The molecule has 0 fully saturated rings. The Labute approximate surface area is 95.6 Å². The number of carbonyl (C=O) groups is 1. The number of rotatable bonds is 3. The van der Waals surface area contributed by atoms with Crippen molar-refractivity contribution in [2.75, 3.05) is 0 Å². The molecule has 0 amide bonds. The molecule has 0 bridgehead atoms. The van der Waals surface area contributed by atoms with Crippen LogP contribution < -0.4 is 5.32 Å². The Morgan fingerprint density at radius 3 is 2.13 bits per heavy atom. The summed E-state index contributed by atoms with van der Waals surface area (Å²) in [7, 11) is 0. The van der Waals surface area contributed by atoms with E-state index in [2.05, 4.69) is 38.2 Å². The summed E-state index contributed by atoms with van der Waals surface area (Å²) >= 11 is 0. The van der Waals surface area contributed by atoms with Crippen molar-refractivity contribution < 1.29 is 6.22 Å². The fourth-order valence-corrected chi connectivity index (χ4v) is 1.43. The van der Waals surface area contributed by atoms with E-state index in [1.165, 1.54) is 6.42 Å². The molecule has 2 nitrogen and oxygen atoms in total. The first-order valence-corrected chi connectivity index (χ1v) is 5.85. The molecule has 0 spiro atoms. The maximum Gasteiger partial charge on any atom is 0.122 e. The molecule has 2 atom stereocenters. The third kappa shape index (κ3) is 8.37. The van der Waals surface area contributed by atoms with Gasteiger partial charge in [-0.2, -0.15) is 0 Å². The maximum absolute atomic E-state index is 9.50. The van der Waals surface area contributed by atoms with Crippen LogP contribution in [0.15, 0.2) is 12.2 Å². The molecule has 0 heterocycles. The zero-order chi connectivity index (χ0) is 11.8. The smallest absolute Gasteiger partial charge is 0.122 e. The lowest BCUT2D eigenvalue weighted by molar-refractivity contribution is -0.110. The van der Waals surface area contributed by atoms with Crippen molar-refractivity contribution in [2.24, 2.45) is 11.8 Å². The van der Waals surface area contributed by atoms with Crippen LogP contribution >= 0.6 is 0 Å². The van der Waals surface area contributed by atoms with Crippen LogP contribution in [0, 0.1) is 11.8 Å². The highest BCUT2D eigenvalue weighted by Gasteiger charge is 2.14. The molecule has 1 rings (SSSR count). The van der Waals surface area contributed by atoms with E-state index in [0.29, 0.717) is 12.1 Å². The highest BCUT2D eigenvalue weighted by Crippen LogP contribution is 2.16. The maximum atomic E-state index is 9.50. The molecule has 1 aliphatic rings. The van der Waals surface area contributed by atoms with Crippen LogP contribution in [0.2, 0.25) is 0 Å². The highest BCUT2D eigenvalue weighted by atomic mass is 16.1. The molecule has 1 N–H and O–H groups in total. The van der Waals surface area contributed by atoms with Crippen molar-refractivity contribution in [1.82, 2.24) is 5.32 Å². The molecule has 1 aliphatic carbocycles. The van der Waals surface area contributed by atoms with Gasteiger partial charge in [-0.1, -0.05) is 46.8 Å². The van der Waals surface area contributed by atoms with Crippen molar-refractivity contribution in [2.45, 2.75) is 53.1 Å². The number of hydrogen-bond acceptors (Lipinski definition) is 2. The molecular weight excluding hydrogens is 186 g/mol. The molecule has 0 aromatic heterocycles. The lowest BCUT2D eigenvalue weighted by Gasteiger charge is -2.14. The van der Waals surface area contributed by atoms with Crippen LogP contribution in [0.25, 0.3) is 0 Å². The van der Waals surface area contributed by atoms with Crippen LogP contribution in [-0.4, -0.2) is 18.4 Å². The van der Waals surface area contributed by atoms with Gasteiger partial charge in [0.2, 0.25) is 0 Å². The summed E-state index contributed by atoms with van der Waals surface area (Å²) in [5.41, 5.74) is 0. The Morgan fingerprint density at radius 1 is 1.33 bits per heavy atom. The summed E-state index contributed by atoms with van der Waals surface area (Å²) in [6, 6.07) is 1.25. The lowest BCUT2D eigenvalue weighted by atomic mass is 10.1. The van der Waals surface area contributed by atoms with Gasteiger partial charge in [-0.25, -0.2) is 0 Å². The molecule has 0 aromatic rings. The minimum Gasteiger partial charge on any atom is -0.308 e. The summed E-state index contributed by atoms with van der Waals surface area (Å²) in [6.07, 6.45) is 6.77. The molecule has 15 heavy (non-hydrogen) atoms. The molecule has 0 saturated carbocycles. The van der Waals surface area contributed by atoms with Crippen molar-refractivity contribution >= 4 is 6.29 Å². The first-order valence-electron chi connectivity index (χ1n) is 5.85. The van der Waals surface area contributed by atoms with Crippen LogP contribution in [0.4, 0.5) is 0 Å². The van der Waals surface area contributed by atoms with E-state index in [4.69, 9.17) is 0 Å². The second-order valence-electron chi connectivity index (χ2n) is 4.91. The van der Waals surface area contributed by atoms with Gasteiger partial charge >= 0.3 is 0 Å². The third-order valence-electron chi connectivity index (χ3n) is 2.12. The summed E-state index contributed by atoms with van der Waals surface area (Å²) in [6.45, 7) is 10.4. The average molecular weight is 213 g/mol. The number of aldehydes is 1. The van der Waals surface area contributed by atoms with Crippen molar-refractivity contribution in [3.63, 3.8) is 0 Å². The Bertz CT molecular complexity index is 202. The number of allylic oxidation sites excluding steroid dienone is 1. The van der Waals surface area contributed by atoms with Gasteiger partial charge in [0.1, 0.15) is 6.29 Å². The van der Waals surface area contributed by atoms with Crippen molar-refractivity contribution in [1.29, 1.82) is 0 Å². The van der Waals surface area contributed by atoms with E-state index < -0.39 is 0 Å². The molecule has 0 radical (unpaired) electrons. The second-order valence-corrected chi connectivity index (χ2v) is 4.91. The zero-order valence-corrected chi connectivity index (χ0v) is 10.7. The van der Waals surface area contributed by atoms with E-state index in [-0.39, 0.29) is 7.34 Å². The monoisotopic (exact) mass is 213 g/mol. The van der Waals surface area contributed by atoms with Gasteiger partial charge in [-0.05, 0) is 12.3 Å². The lowest BCUT2D eigenvalue weighted by Crippen LogP contribution is -2.32. The Morgan fingerprint density at radius 2 is 1.87 bits per heavy atom. The van der Waals surface area contributed by atoms with Gasteiger partial charge in [0.15, 0.2) is 0 Å². The number of hydrogen-bond donors (Lipinski definition) is 1. The van der Waals surface area contributed by atoms with Gasteiger partial charge < -0.3 is 10.1 Å². The zero-order valence-electron chi connectivity index (χ0n) is 10.7. The number of carbonyl (C=O) groups excluding carboxylic acids is 1. The van der Waals surface area contributed by atoms with Crippen LogP contribution in [0.5, 0.6) is 0 Å². The summed E-state index contributed by atoms with van der Waals surface area (Å²) in [5, 5.41) is 3.49. The van der Waals surface area contributed by atoms with Crippen LogP contribution in [-0.2, 0) is 4.79 Å². The summed E-state index contributed by atoms with van der Waals surface area (Å²) in [5.74, 6) is 0.978. The Kier molecular flexibility index (Phi) is 7.31. The van der Waals surface area contributed by atoms with Gasteiger partial charge in [0.05, 0.1) is 0 Å². The summed E-state index contributed by atoms with van der Waals surface area (Å²) < 4.78 is 0. The molecule has 0 aromatic carbocycles. The van der Waals surface area contributed by atoms with Crippen molar-refractivity contribution in [3.05, 3.63) is 12.2 Å². The Balaban J connectivity index is 0. The average Bonchev–Trinajstić information content (AvgIpc) is 2.51. The topological polar surface area (TPSA) is 29.1 Å². The predicted octanol–water partition coefficient (Wildman–Crippen LogP) is 3.04. The molecule has 2 heteroatoms. The normalized spacial score (nSPS) is 24.2. The van der Waals surface area contributed by atoms with Gasteiger partial charge in [0.25, 0.3) is 0 Å². The molecule has 0 aliphatic heterocycles. The second kappa shape index (κ2) is 7.63. The van der Waals surface area contributed by atoms with E-state index >= 15 is 0 Å². The Hall–Kier alpha value is -0.630. The fourth-order valence-electron chi connectivity index (χ4n) is 1.43. The van der Waals surface area contributed by atoms with Gasteiger partial charge in [-0.15, -0.1) is 0 Å². The highest BCUT2D eigenvalue weighted by molar-refractivity contribution is 5.51. The first kappa shape index (κ1) is 14.4. The van der Waals surface area contributed by atoms with Crippen LogP contribution in [0.1, 0.15) is 42.5 Å². The van der Waals surface area contributed by atoms with E-state index in [1.54, 1.807) is 0 Å². The molecule has 0 saturated heterocycles. The van der Waals surface area contributed by atoms with Gasteiger partial charge in [-0.3, -0.25) is 0 Å². The SMILES string of the molecule is CC(C)C=O.CC(C)N[C@@H]1C=C[C@H](C)C1.[HH]. The minimum atomic E-state index is 0. The molecule has 0 unspecified atom stereocenters. The van der Waals surface area contributed by atoms with E-state index in [9.17, 15) is 4.79 Å². The van der Waals surface area contributed by atoms with E-state index in [0.717, 1.165) is 12.2 Å². The quantitative estimate of drug-likeness (QED) is 0.577. The number of nitrogens with one attached hydrogen (secondary N) is 1. The van der Waals surface area contributed by atoms with Crippen LogP contribution in [0.3, 0.4) is 0 Å². The largest absolute Gasteiger partial charge is 0.308 e. The third-order valence-corrected chi connectivity index (χ3v) is 2.12. The standard InChI is InChI=1S/C9H17N.C4H8O.H2/c1-7(2)10-9-5-4-8(3)6-9;1-4(2)3-5;/h4-5,7-10H,6H2,1-3H3;3-4H,1-2H3;1H/t8-,9+;;/m0../s1. The van der Waals surface area contributed by atoms with Gasteiger partial charge in [0, 0.05) is 19.4 Å². The first-order chi connectivity index (χ1) is 6.95. The predicted molar refractivity (Wildman–Crippen MR) is 68.0 cm³/mol. The fraction of sp³-hybridized carbons (Fsp3) is 0.769. The molecule has 90 valence electrons. The van der Waals surface area contributed by atoms with Crippen molar-refractivity contribution in [3.8, 4) is 0 Å². The minimum absolute atomic E-state index is 0. The summed E-state index contributed by atoms with van der Waals surface area (Å²) in [4.78, 5) is 9.50.